The van der Waals surface area contributed by atoms with Crippen molar-refractivity contribution in [3.8, 4) is 0 Å². The number of fused-ring (bicyclic) bond motifs is 1. The zero-order chi connectivity index (χ0) is 12.5. The fraction of sp³-hybridized carbons (Fsp3) is 0.538. The fourth-order valence-electron chi connectivity index (χ4n) is 2.38. The molecule has 0 aliphatic carbocycles. The molecule has 0 saturated heterocycles. The number of hydrogen-bond acceptors (Lipinski definition) is 2. The topological polar surface area (TPSA) is 37.4 Å². The summed E-state index contributed by atoms with van der Waals surface area (Å²) in [6, 6.07) is 7.84. The molecule has 3 nitrogen and oxygen atoms in total. The van der Waals surface area contributed by atoms with Crippen LogP contribution in [0.3, 0.4) is 0 Å². The van der Waals surface area contributed by atoms with Gasteiger partial charge >= 0.3 is 0 Å². The van der Waals surface area contributed by atoms with Gasteiger partial charge in [-0.1, -0.05) is 32.0 Å². The number of anilines is 1. The third kappa shape index (κ3) is 2.32. The van der Waals surface area contributed by atoms with Crippen LogP contribution in [0.4, 0.5) is 5.69 Å². The second-order valence-corrected chi connectivity index (χ2v) is 6.65. The Morgan fingerprint density at radius 1 is 1.35 bits per heavy atom. The first kappa shape index (κ1) is 12.4. The van der Waals surface area contributed by atoms with Gasteiger partial charge in [-0.2, -0.15) is 0 Å². The Morgan fingerprint density at radius 3 is 2.76 bits per heavy atom. The minimum Gasteiger partial charge on any atom is -0.270 e. The fourth-order valence-corrected chi connectivity index (χ4v) is 3.96. The molecule has 1 atom stereocenters. The van der Waals surface area contributed by atoms with Crippen LogP contribution in [0.2, 0.25) is 0 Å². The molecule has 0 radical (unpaired) electrons. The third-order valence-corrected chi connectivity index (χ3v) is 5.27. The minimum absolute atomic E-state index is 0.232. The monoisotopic (exact) mass is 253 g/mol. The molecular formula is C13H19NO2S. The lowest BCUT2D eigenvalue weighted by molar-refractivity contribution is 0.577. The number of hydrogen-bond donors (Lipinski definition) is 0. The van der Waals surface area contributed by atoms with E-state index in [0.717, 1.165) is 17.7 Å². The summed E-state index contributed by atoms with van der Waals surface area (Å²) >= 11 is 0. The van der Waals surface area contributed by atoms with E-state index >= 15 is 0 Å². The van der Waals surface area contributed by atoms with Crippen molar-refractivity contribution in [3.63, 3.8) is 0 Å². The summed E-state index contributed by atoms with van der Waals surface area (Å²) in [5.74, 6) is 0.676. The molecule has 4 heteroatoms. The van der Waals surface area contributed by atoms with Gasteiger partial charge in [0.05, 0.1) is 11.4 Å². The summed E-state index contributed by atoms with van der Waals surface area (Å²) in [6.07, 6.45) is 1.57. The molecule has 2 rings (SSSR count). The van der Waals surface area contributed by atoms with Gasteiger partial charge in [0, 0.05) is 6.54 Å². The van der Waals surface area contributed by atoms with Crippen molar-refractivity contribution < 1.29 is 8.42 Å². The van der Waals surface area contributed by atoms with Gasteiger partial charge < -0.3 is 0 Å². The number of rotatable bonds is 3. The summed E-state index contributed by atoms with van der Waals surface area (Å²) in [6.45, 7) is 4.67. The van der Waals surface area contributed by atoms with Crippen LogP contribution in [0.1, 0.15) is 38.2 Å². The standard InChI is InChI=1S/C13H19NO2S/c1-3-10-17(15,16)14-9-8-11(2)12-6-4-5-7-13(12)14/h4-7,11H,3,8-10H2,1-2H3. The molecule has 1 aromatic carbocycles. The Bertz CT molecular complexity index is 496. The zero-order valence-corrected chi connectivity index (χ0v) is 11.2. The van der Waals surface area contributed by atoms with Crippen molar-refractivity contribution in [1.82, 2.24) is 0 Å². The molecule has 0 N–H and O–H groups in total. The molecule has 1 aliphatic heterocycles. The van der Waals surface area contributed by atoms with Crippen molar-refractivity contribution >= 4 is 15.7 Å². The Morgan fingerprint density at radius 2 is 2.06 bits per heavy atom. The van der Waals surface area contributed by atoms with E-state index < -0.39 is 10.0 Å². The Hall–Kier alpha value is -1.03. The highest BCUT2D eigenvalue weighted by atomic mass is 32.2. The summed E-state index contributed by atoms with van der Waals surface area (Å²) in [5.41, 5.74) is 2.03. The first-order valence-corrected chi connectivity index (χ1v) is 7.76. The molecule has 1 aromatic rings. The van der Waals surface area contributed by atoms with Crippen LogP contribution in [-0.4, -0.2) is 20.7 Å². The van der Waals surface area contributed by atoms with E-state index in [4.69, 9.17) is 0 Å². The zero-order valence-electron chi connectivity index (χ0n) is 10.4. The first-order valence-electron chi connectivity index (χ1n) is 6.15. The van der Waals surface area contributed by atoms with E-state index in [1.807, 2.05) is 31.2 Å². The van der Waals surface area contributed by atoms with E-state index in [2.05, 4.69) is 6.92 Å². The minimum atomic E-state index is -3.14. The highest BCUT2D eigenvalue weighted by Gasteiger charge is 2.29. The average molecular weight is 253 g/mol. The van der Waals surface area contributed by atoms with Crippen molar-refractivity contribution in [2.45, 2.75) is 32.6 Å². The van der Waals surface area contributed by atoms with Crippen LogP contribution < -0.4 is 4.31 Å². The molecule has 1 heterocycles. The Kier molecular flexibility index (Phi) is 3.43. The average Bonchev–Trinajstić information content (AvgIpc) is 2.29. The van der Waals surface area contributed by atoms with E-state index in [9.17, 15) is 8.42 Å². The highest BCUT2D eigenvalue weighted by Crippen LogP contribution is 2.36. The predicted octanol–water partition coefficient (Wildman–Crippen LogP) is 2.74. The van der Waals surface area contributed by atoms with Crippen LogP contribution in [-0.2, 0) is 10.0 Å². The normalized spacial score (nSPS) is 20.1. The Labute approximate surface area is 104 Å². The smallest absolute Gasteiger partial charge is 0.235 e. The molecule has 94 valence electrons. The molecule has 0 saturated carbocycles. The second-order valence-electron chi connectivity index (χ2n) is 4.64. The van der Waals surface area contributed by atoms with Gasteiger partial charge in [-0.3, -0.25) is 4.31 Å². The predicted molar refractivity (Wildman–Crippen MR) is 70.9 cm³/mol. The van der Waals surface area contributed by atoms with Crippen LogP contribution >= 0.6 is 0 Å². The molecule has 1 unspecified atom stereocenters. The third-order valence-electron chi connectivity index (χ3n) is 3.30. The van der Waals surface area contributed by atoms with Gasteiger partial charge in [0.15, 0.2) is 0 Å². The Balaban J connectivity index is 2.43. The molecule has 0 bridgehead atoms. The van der Waals surface area contributed by atoms with Crippen LogP contribution in [0.25, 0.3) is 0 Å². The van der Waals surface area contributed by atoms with Crippen molar-refractivity contribution in [1.29, 1.82) is 0 Å². The summed E-state index contributed by atoms with van der Waals surface area (Å²) in [4.78, 5) is 0. The lowest BCUT2D eigenvalue weighted by Crippen LogP contribution is -2.37. The second kappa shape index (κ2) is 4.69. The first-order chi connectivity index (χ1) is 8.06. The maximum atomic E-state index is 12.2. The van der Waals surface area contributed by atoms with E-state index in [0.29, 0.717) is 18.9 Å². The molecule has 17 heavy (non-hydrogen) atoms. The summed E-state index contributed by atoms with van der Waals surface area (Å²) in [7, 11) is -3.14. The van der Waals surface area contributed by atoms with Gasteiger partial charge in [-0.05, 0) is 30.4 Å². The van der Waals surface area contributed by atoms with Gasteiger partial charge in [-0.25, -0.2) is 8.42 Å². The SMILES string of the molecule is CCCS(=O)(=O)N1CCC(C)c2ccccc21. The van der Waals surface area contributed by atoms with Gasteiger partial charge in [-0.15, -0.1) is 0 Å². The summed E-state index contributed by atoms with van der Waals surface area (Å²) in [5, 5.41) is 0. The summed E-state index contributed by atoms with van der Waals surface area (Å²) < 4.78 is 26.0. The molecule has 0 spiro atoms. The maximum Gasteiger partial charge on any atom is 0.235 e. The maximum absolute atomic E-state index is 12.2. The number of nitrogens with zero attached hydrogens (tertiary/aromatic N) is 1. The highest BCUT2D eigenvalue weighted by molar-refractivity contribution is 7.92. The quantitative estimate of drug-likeness (QED) is 0.830. The molecule has 0 aromatic heterocycles. The van der Waals surface area contributed by atoms with E-state index in [1.165, 1.54) is 0 Å². The van der Waals surface area contributed by atoms with E-state index in [-0.39, 0.29) is 5.75 Å². The molecular weight excluding hydrogens is 234 g/mol. The largest absolute Gasteiger partial charge is 0.270 e. The van der Waals surface area contributed by atoms with Gasteiger partial charge in [0.25, 0.3) is 0 Å². The van der Waals surface area contributed by atoms with Crippen molar-refractivity contribution in [2.75, 3.05) is 16.6 Å². The van der Waals surface area contributed by atoms with Gasteiger partial charge in [0.2, 0.25) is 10.0 Å². The van der Waals surface area contributed by atoms with Crippen molar-refractivity contribution in [2.24, 2.45) is 0 Å². The number of para-hydroxylation sites is 1. The lowest BCUT2D eigenvalue weighted by atomic mass is 9.93. The molecule has 0 fully saturated rings. The van der Waals surface area contributed by atoms with Gasteiger partial charge in [0.1, 0.15) is 0 Å². The number of sulfonamides is 1. The number of benzene rings is 1. The van der Waals surface area contributed by atoms with Crippen molar-refractivity contribution in [3.05, 3.63) is 29.8 Å². The van der Waals surface area contributed by atoms with E-state index in [1.54, 1.807) is 4.31 Å². The molecule has 0 amide bonds. The van der Waals surface area contributed by atoms with Crippen LogP contribution in [0, 0.1) is 0 Å². The van der Waals surface area contributed by atoms with Crippen LogP contribution in [0.15, 0.2) is 24.3 Å². The molecule has 1 aliphatic rings. The van der Waals surface area contributed by atoms with Crippen LogP contribution in [0.5, 0.6) is 0 Å². The lowest BCUT2D eigenvalue weighted by Gasteiger charge is -2.33.